The third-order valence-electron chi connectivity index (χ3n) is 6.25. The molecule has 0 amide bonds. The monoisotopic (exact) mass is 552 g/mol. The van der Waals surface area contributed by atoms with Crippen LogP contribution in [0, 0.1) is 12.3 Å². The molecule has 1 N–H and O–H groups in total. The Bertz CT molecular complexity index is 1270. The molecule has 0 spiro atoms. The molecule has 4 heterocycles. The van der Waals surface area contributed by atoms with Crippen molar-refractivity contribution in [1.82, 2.24) is 34.0 Å². The van der Waals surface area contributed by atoms with E-state index in [0.29, 0.717) is 30.1 Å². The van der Waals surface area contributed by atoms with Crippen LogP contribution in [0.4, 0.5) is 0 Å². The summed E-state index contributed by atoms with van der Waals surface area (Å²) in [5.74, 6) is 1.37. The lowest BCUT2D eigenvalue weighted by Gasteiger charge is -2.44. The Kier molecular flexibility index (Phi) is 7.64. The number of aromatic amines is 1. The Morgan fingerprint density at radius 3 is 2.43 bits per heavy atom. The number of nitrogens with zero attached hydrogens (tertiary/aromatic N) is 7. The number of nitrogens with one attached hydrogen (secondary N) is 1. The maximum atomic E-state index is 12.5. The molecule has 2 aliphatic rings. The van der Waals surface area contributed by atoms with E-state index in [2.05, 4.69) is 50.2 Å². The first-order valence-corrected chi connectivity index (χ1v) is 15.3. The second-order valence-corrected chi connectivity index (χ2v) is 15.6. The largest absolute Gasteiger partial charge is 0.352 e. The summed E-state index contributed by atoms with van der Waals surface area (Å²) in [5.41, 5.74) is 0.0655. The van der Waals surface area contributed by atoms with Crippen LogP contribution in [0.5, 0.6) is 0 Å². The number of fused-ring (bicyclic) bond motifs is 1. The topological polar surface area (TPSA) is 104 Å². The normalized spacial score (nSPS) is 23.6. The van der Waals surface area contributed by atoms with Gasteiger partial charge in [-0.15, -0.1) is 0 Å². The summed E-state index contributed by atoms with van der Waals surface area (Å²) in [6.07, 6.45) is 1.88. The molecular weight excluding hydrogens is 511 g/mol. The second kappa shape index (κ2) is 10.0. The average molecular weight is 553 g/mol. The van der Waals surface area contributed by atoms with Crippen molar-refractivity contribution >= 4 is 35.5 Å². The van der Waals surface area contributed by atoms with Crippen molar-refractivity contribution in [3.8, 4) is 0 Å². The van der Waals surface area contributed by atoms with Gasteiger partial charge in [0.15, 0.2) is 11.2 Å². The molecule has 0 aromatic carbocycles. The molecular formula is C24H41N8O3PS. The number of rotatable bonds is 5. The molecule has 206 valence electrons. The van der Waals surface area contributed by atoms with E-state index in [1.165, 1.54) is 0 Å². The first kappa shape index (κ1) is 28.2. The average Bonchev–Trinajstić information content (AvgIpc) is 3.29. The molecule has 0 aliphatic carbocycles. The highest BCUT2D eigenvalue weighted by Gasteiger charge is 2.42. The minimum absolute atomic E-state index is 0.0342. The van der Waals surface area contributed by atoms with Gasteiger partial charge in [0.2, 0.25) is 5.96 Å². The molecule has 2 saturated heterocycles. The highest BCUT2D eigenvalue weighted by Crippen LogP contribution is 2.58. The van der Waals surface area contributed by atoms with Crippen molar-refractivity contribution in [2.75, 3.05) is 40.3 Å². The summed E-state index contributed by atoms with van der Waals surface area (Å²) in [7, 11) is 4.07. The molecule has 13 heteroatoms. The van der Waals surface area contributed by atoms with Gasteiger partial charge >= 0.3 is 0 Å². The number of imidazole rings is 1. The van der Waals surface area contributed by atoms with Gasteiger partial charge in [-0.1, -0.05) is 20.8 Å². The van der Waals surface area contributed by atoms with Crippen molar-refractivity contribution in [1.29, 1.82) is 0 Å². The molecule has 0 bridgehead atoms. The molecule has 2 fully saturated rings. The fraction of sp³-hybridized carbons (Fsp3) is 0.750. The zero-order valence-corrected chi connectivity index (χ0v) is 25.2. The highest BCUT2D eigenvalue weighted by molar-refractivity contribution is 8.10. The summed E-state index contributed by atoms with van der Waals surface area (Å²) in [6.45, 7) is 14.3. The minimum Gasteiger partial charge on any atom is -0.352 e. The van der Waals surface area contributed by atoms with Crippen LogP contribution in [0.25, 0.3) is 11.2 Å². The van der Waals surface area contributed by atoms with E-state index in [1.807, 2.05) is 39.4 Å². The van der Waals surface area contributed by atoms with Gasteiger partial charge in [-0.25, -0.2) is 14.6 Å². The molecule has 1 unspecified atom stereocenters. The van der Waals surface area contributed by atoms with E-state index in [-0.39, 0.29) is 17.1 Å². The van der Waals surface area contributed by atoms with Crippen molar-refractivity contribution in [2.45, 2.75) is 72.8 Å². The maximum absolute atomic E-state index is 12.5. The van der Waals surface area contributed by atoms with Crippen LogP contribution in [-0.2, 0) is 21.1 Å². The third kappa shape index (κ3) is 6.42. The summed E-state index contributed by atoms with van der Waals surface area (Å²) in [5, 5.41) is 0. The standard InChI is InChI=1S/C24H41N8O3PS/c1-16-26-20-19(21(33)27-16)25-15-32(20)18-14-31(13-17(34-18)12-23(2,3)4)36(37,35-24(5,6)7)28-22-29(8)10-11-30(22)9/h15,17-18H,10-14H2,1-9H3,(H,26,27,33)/t17-,18-,36?/m1/s1. The first-order chi connectivity index (χ1) is 17.0. The number of guanidine groups is 1. The Morgan fingerprint density at radius 2 is 1.84 bits per heavy atom. The molecule has 2 aromatic rings. The van der Waals surface area contributed by atoms with Crippen molar-refractivity contribution < 1.29 is 9.26 Å². The van der Waals surface area contributed by atoms with E-state index in [1.54, 1.807) is 13.3 Å². The lowest BCUT2D eigenvalue weighted by atomic mass is 9.89. The minimum atomic E-state index is -2.89. The van der Waals surface area contributed by atoms with Gasteiger partial charge in [0, 0.05) is 33.7 Å². The molecule has 3 atom stereocenters. The molecule has 11 nitrogen and oxygen atoms in total. The Balaban J connectivity index is 1.79. The summed E-state index contributed by atoms with van der Waals surface area (Å²) < 4.78 is 22.5. The SMILES string of the molecule is Cc1nc2c(ncn2[C@H]2CN(P(=S)(N=C3N(C)CCN3C)OC(C)(C)C)C[C@@H](CC(C)(C)C)O2)c(=O)[nH]1. The van der Waals surface area contributed by atoms with E-state index in [0.717, 1.165) is 25.5 Å². The van der Waals surface area contributed by atoms with Gasteiger partial charge in [-0.05, 0) is 51.3 Å². The quantitative estimate of drug-likeness (QED) is 0.560. The fourth-order valence-corrected chi connectivity index (χ4v) is 8.31. The van der Waals surface area contributed by atoms with Gasteiger partial charge in [0.25, 0.3) is 12.1 Å². The second-order valence-electron chi connectivity index (χ2n) is 12.3. The Morgan fingerprint density at radius 1 is 1.19 bits per heavy atom. The zero-order chi connectivity index (χ0) is 27.3. The maximum Gasteiger partial charge on any atom is 0.279 e. The number of likely N-dealkylation sites (N-methyl/N-ethyl adjacent to an activating group) is 2. The molecule has 2 aromatic heterocycles. The summed E-state index contributed by atoms with van der Waals surface area (Å²) in [4.78, 5) is 28.4. The number of aromatic nitrogens is 4. The third-order valence-corrected chi connectivity index (χ3v) is 9.67. The fourth-order valence-electron chi connectivity index (χ4n) is 4.76. The summed E-state index contributed by atoms with van der Waals surface area (Å²) >= 11 is 6.35. The van der Waals surface area contributed by atoms with Crippen LogP contribution in [0.2, 0.25) is 0 Å². The lowest BCUT2D eigenvalue weighted by molar-refractivity contribution is -0.113. The van der Waals surface area contributed by atoms with Crippen molar-refractivity contribution in [3.63, 3.8) is 0 Å². The highest BCUT2D eigenvalue weighted by atomic mass is 32.4. The molecule has 0 saturated carbocycles. The van der Waals surface area contributed by atoms with Gasteiger partial charge in [-0.3, -0.25) is 9.36 Å². The van der Waals surface area contributed by atoms with Crippen LogP contribution in [0.3, 0.4) is 0 Å². The van der Waals surface area contributed by atoms with E-state index >= 15 is 0 Å². The van der Waals surface area contributed by atoms with Crippen LogP contribution in [0.15, 0.2) is 15.9 Å². The molecule has 0 radical (unpaired) electrons. The zero-order valence-electron chi connectivity index (χ0n) is 23.5. The van der Waals surface area contributed by atoms with E-state index < -0.39 is 18.4 Å². The molecule has 4 rings (SSSR count). The predicted molar refractivity (Wildman–Crippen MR) is 150 cm³/mol. The Hall–Kier alpha value is -1.85. The van der Waals surface area contributed by atoms with E-state index in [4.69, 9.17) is 25.8 Å². The molecule has 37 heavy (non-hydrogen) atoms. The van der Waals surface area contributed by atoms with Gasteiger partial charge < -0.3 is 24.0 Å². The molecule has 2 aliphatic heterocycles. The number of morpholine rings is 1. The predicted octanol–water partition coefficient (Wildman–Crippen LogP) is 3.34. The van der Waals surface area contributed by atoms with Crippen LogP contribution in [-0.4, -0.2) is 91.9 Å². The number of hydrogen-bond acceptors (Lipinski definition) is 6. The van der Waals surface area contributed by atoms with E-state index in [9.17, 15) is 4.79 Å². The van der Waals surface area contributed by atoms with Crippen LogP contribution >= 0.6 is 6.57 Å². The number of hydrogen-bond donors (Lipinski definition) is 1. The van der Waals surface area contributed by atoms with Crippen LogP contribution < -0.4 is 5.56 Å². The number of H-pyrrole nitrogens is 1. The first-order valence-electron chi connectivity index (χ1n) is 12.7. The van der Waals surface area contributed by atoms with Gasteiger partial charge in [0.05, 0.1) is 24.6 Å². The summed E-state index contributed by atoms with van der Waals surface area (Å²) in [6, 6.07) is 0. The smallest absolute Gasteiger partial charge is 0.279 e. The van der Waals surface area contributed by atoms with Crippen LogP contribution in [0.1, 0.15) is 60.0 Å². The number of aryl methyl sites for hydroxylation is 1. The van der Waals surface area contributed by atoms with Gasteiger partial charge in [0.1, 0.15) is 12.1 Å². The van der Waals surface area contributed by atoms with Crippen molar-refractivity contribution in [3.05, 3.63) is 22.5 Å². The Labute approximate surface area is 224 Å². The lowest BCUT2D eigenvalue weighted by Crippen LogP contribution is -2.46. The van der Waals surface area contributed by atoms with Crippen molar-refractivity contribution in [2.24, 2.45) is 10.2 Å². The number of ether oxygens (including phenoxy) is 1. The van der Waals surface area contributed by atoms with Gasteiger partial charge in [-0.2, -0.15) is 4.76 Å².